The van der Waals surface area contributed by atoms with Crippen LogP contribution in [0.15, 0.2) is 73.3 Å². The fourth-order valence-electron chi connectivity index (χ4n) is 3.07. The molecule has 0 aliphatic carbocycles. The fourth-order valence-corrected chi connectivity index (χ4v) is 3.07. The Hall–Kier alpha value is -2.85. The summed E-state index contributed by atoms with van der Waals surface area (Å²) in [5.41, 5.74) is 1.92. The number of nitrogens with zero attached hydrogens (tertiary/aromatic N) is 2. The summed E-state index contributed by atoms with van der Waals surface area (Å²) in [6.07, 6.45) is 6.04. The smallest absolute Gasteiger partial charge is 0.253 e. The minimum absolute atomic E-state index is 0.0877. The maximum Gasteiger partial charge on any atom is 0.253 e. The first-order valence-corrected chi connectivity index (χ1v) is 9.33. The van der Waals surface area contributed by atoms with Gasteiger partial charge in [-0.1, -0.05) is 55.1 Å². The van der Waals surface area contributed by atoms with E-state index in [0.717, 1.165) is 38.5 Å². The van der Waals surface area contributed by atoms with Crippen LogP contribution in [0, 0.1) is 0 Å². The Morgan fingerprint density at radius 2 is 1.70 bits per heavy atom. The highest BCUT2D eigenvalue weighted by Crippen LogP contribution is 2.15. The lowest BCUT2D eigenvalue weighted by Gasteiger charge is -2.34. The van der Waals surface area contributed by atoms with Crippen LogP contribution < -0.4 is 4.74 Å². The monoisotopic (exact) mass is 362 g/mol. The predicted octanol–water partition coefficient (Wildman–Crippen LogP) is 3.72. The summed E-state index contributed by atoms with van der Waals surface area (Å²) >= 11 is 0. The van der Waals surface area contributed by atoms with Crippen LogP contribution in [0.5, 0.6) is 5.75 Å². The van der Waals surface area contributed by atoms with E-state index in [0.29, 0.717) is 12.2 Å². The van der Waals surface area contributed by atoms with Gasteiger partial charge in [-0.05, 0) is 29.8 Å². The van der Waals surface area contributed by atoms with Gasteiger partial charge in [-0.2, -0.15) is 0 Å². The normalized spacial score (nSPS) is 15.0. The molecule has 0 atom stereocenters. The van der Waals surface area contributed by atoms with Crippen molar-refractivity contribution in [3.05, 3.63) is 84.5 Å². The van der Waals surface area contributed by atoms with Gasteiger partial charge < -0.3 is 9.64 Å². The number of hydrogen-bond acceptors (Lipinski definition) is 3. The maximum absolute atomic E-state index is 12.7. The SMILES string of the molecule is C=CCOc1ccc(C(=O)N2CCN(C/C=C/c3ccccc3)CC2)cc1. The summed E-state index contributed by atoms with van der Waals surface area (Å²) in [6, 6.07) is 17.6. The Morgan fingerprint density at radius 3 is 2.37 bits per heavy atom. The second-order valence-electron chi connectivity index (χ2n) is 6.53. The molecule has 0 unspecified atom stereocenters. The van der Waals surface area contributed by atoms with Crippen molar-refractivity contribution in [2.24, 2.45) is 0 Å². The Bertz CT molecular complexity index is 761. The third kappa shape index (κ3) is 5.56. The molecule has 0 spiro atoms. The van der Waals surface area contributed by atoms with Crippen LogP contribution in [0.3, 0.4) is 0 Å². The Morgan fingerprint density at radius 1 is 1.00 bits per heavy atom. The Labute approximate surface area is 161 Å². The largest absolute Gasteiger partial charge is 0.490 e. The van der Waals surface area contributed by atoms with E-state index in [4.69, 9.17) is 4.74 Å². The molecule has 1 heterocycles. The van der Waals surface area contributed by atoms with Crippen LogP contribution in [0.2, 0.25) is 0 Å². The van der Waals surface area contributed by atoms with Gasteiger partial charge in [0.05, 0.1) is 0 Å². The molecule has 0 bridgehead atoms. The summed E-state index contributed by atoms with van der Waals surface area (Å²) < 4.78 is 5.46. The van der Waals surface area contributed by atoms with E-state index in [-0.39, 0.29) is 5.91 Å². The first-order valence-electron chi connectivity index (χ1n) is 9.33. The maximum atomic E-state index is 12.7. The fraction of sp³-hybridized carbons (Fsp3) is 0.261. The standard InChI is InChI=1S/C23H26N2O2/c1-2-19-27-22-12-10-21(11-13-22)23(26)25-17-15-24(16-18-25)14-6-9-20-7-4-3-5-8-20/h2-13H,1,14-19H2/b9-6+. The van der Waals surface area contributed by atoms with Crippen LogP contribution >= 0.6 is 0 Å². The summed E-state index contributed by atoms with van der Waals surface area (Å²) in [7, 11) is 0. The minimum Gasteiger partial charge on any atom is -0.490 e. The molecule has 140 valence electrons. The summed E-state index contributed by atoms with van der Waals surface area (Å²) in [5.74, 6) is 0.839. The molecule has 1 saturated heterocycles. The summed E-state index contributed by atoms with van der Waals surface area (Å²) in [6.45, 7) is 8.31. The van der Waals surface area contributed by atoms with Gasteiger partial charge in [0.15, 0.2) is 0 Å². The van der Waals surface area contributed by atoms with Gasteiger partial charge in [-0.15, -0.1) is 0 Å². The molecule has 2 aromatic carbocycles. The molecule has 4 heteroatoms. The van der Waals surface area contributed by atoms with Gasteiger partial charge in [0.25, 0.3) is 5.91 Å². The number of carbonyl (C=O) groups excluding carboxylic acids is 1. The molecular weight excluding hydrogens is 336 g/mol. The van der Waals surface area contributed by atoms with Gasteiger partial charge >= 0.3 is 0 Å². The molecule has 0 saturated carbocycles. The molecule has 4 nitrogen and oxygen atoms in total. The Kier molecular flexibility index (Phi) is 6.83. The average Bonchev–Trinajstić information content (AvgIpc) is 2.73. The third-order valence-electron chi connectivity index (χ3n) is 4.60. The zero-order valence-electron chi connectivity index (χ0n) is 15.6. The summed E-state index contributed by atoms with van der Waals surface area (Å²) in [4.78, 5) is 17.0. The highest BCUT2D eigenvalue weighted by atomic mass is 16.5. The van der Waals surface area contributed by atoms with Crippen molar-refractivity contribution in [1.82, 2.24) is 9.80 Å². The molecular formula is C23H26N2O2. The number of amides is 1. The van der Waals surface area contributed by atoms with Crippen molar-refractivity contribution in [2.75, 3.05) is 39.3 Å². The van der Waals surface area contributed by atoms with Crippen LogP contribution in [0.25, 0.3) is 6.08 Å². The van der Waals surface area contributed by atoms with Crippen LogP contribution in [-0.2, 0) is 0 Å². The van der Waals surface area contributed by atoms with Crippen LogP contribution in [0.4, 0.5) is 0 Å². The highest BCUT2D eigenvalue weighted by Gasteiger charge is 2.21. The molecule has 3 rings (SSSR count). The second-order valence-corrected chi connectivity index (χ2v) is 6.53. The highest BCUT2D eigenvalue weighted by molar-refractivity contribution is 5.94. The third-order valence-corrected chi connectivity index (χ3v) is 4.60. The number of ether oxygens (including phenoxy) is 1. The van der Waals surface area contributed by atoms with Crippen molar-refractivity contribution < 1.29 is 9.53 Å². The van der Waals surface area contributed by atoms with Gasteiger partial charge in [0.1, 0.15) is 12.4 Å². The molecule has 1 fully saturated rings. The average molecular weight is 362 g/mol. The van der Waals surface area contributed by atoms with Crippen molar-refractivity contribution in [3.63, 3.8) is 0 Å². The number of benzene rings is 2. The summed E-state index contributed by atoms with van der Waals surface area (Å²) in [5, 5.41) is 0. The molecule has 1 amide bonds. The molecule has 0 aromatic heterocycles. The van der Waals surface area contributed by atoms with Crippen molar-refractivity contribution in [1.29, 1.82) is 0 Å². The van der Waals surface area contributed by atoms with Crippen molar-refractivity contribution in [2.45, 2.75) is 0 Å². The number of rotatable bonds is 7. The van der Waals surface area contributed by atoms with Crippen LogP contribution in [-0.4, -0.2) is 55.0 Å². The zero-order chi connectivity index (χ0) is 18.9. The topological polar surface area (TPSA) is 32.8 Å². The zero-order valence-corrected chi connectivity index (χ0v) is 15.6. The molecule has 27 heavy (non-hydrogen) atoms. The quantitative estimate of drug-likeness (QED) is 0.704. The van der Waals surface area contributed by atoms with Gasteiger partial charge in [0, 0.05) is 38.3 Å². The number of carbonyl (C=O) groups is 1. The van der Waals surface area contributed by atoms with E-state index in [1.807, 2.05) is 47.4 Å². The first-order chi connectivity index (χ1) is 13.3. The van der Waals surface area contributed by atoms with E-state index in [9.17, 15) is 4.79 Å². The predicted molar refractivity (Wildman–Crippen MR) is 110 cm³/mol. The Balaban J connectivity index is 1.46. The van der Waals surface area contributed by atoms with E-state index >= 15 is 0 Å². The second kappa shape index (κ2) is 9.74. The van der Waals surface area contributed by atoms with Crippen molar-refractivity contribution >= 4 is 12.0 Å². The first kappa shape index (κ1) is 18.9. The molecule has 1 aliphatic heterocycles. The van der Waals surface area contributed by atoms with E-state index < -0.39 is 0 Å². The molecule has 0 N–H and O–H groups in total. The lowest BCUT2D eigenvalue weighted by molar-refractivity contribution is 0.0650. The van der Waals surface area contributed by atoms with Gasteiger partial charge in [-0.25, -0.2) is 0 Å². The molecule has 0 radical (unpaired) electrons. The number of hydrogen-bond donors (Lipinski definition) is 0. The number of piperazine rings is 1. The van der Waals surface area contributed by atoms with Gasteiger partial charge in [-0.3, -0.25) is 9.69 Å². The molecule has 2 aromatic rings. The minimum atomic E-state index is 0.0877. The van der Waals surface area contributed by atoms with E-state index in [1.165, 1.54) is 5.56 Å². The van der Waals surface area contributed by atoms with Crippen LogP contribution in [0.1, 0.15) is 15.9 Å². The van der Waals surface area contributed by atoms with E-state index in [1.54, 1.807) is 6.08 Å². The molecule has 1 aliphatic rings. The van der Waals surface area contributed by atoms with Gasteiger partial charge in [0.2, 0.25) is 0 Å². The lowest BCUT2D eigenvalue weighted by atomic mass is 10.1. The lowest BCUT2D eigenvalue weighted by Crippen LogP contribution is -2.48. The van der Waals surface area contributed by atoms with E-state index in [2.05, 4.69) is 35.8 Å². The van der Waals surface area contributed by atoms with Crippen molar-refractivity contribution in [3.8, 4) is 5.75 Å².